The van der Waals surface area contributed by atoms with Gasteiger partial charge in [-0.25, -0.2) is 4.79 Å². The van der Waals surface area contributed by atoms with Crippen LogP contribution in [-0.2, 0) is 4.74 Å². The Balaban J connectivity index is 2.81. The van der Waals surface area contributed by atoms with Gasteiger partial charge in [-0.05, 0) is 25.1 Å². The number of hydrogen-bond donors (Lipinski definition) is 2. The molecule has 0 spiro atoms. The third-order valence-electron chi connectivity index (χ3n) is 1.74. The van der Waals surface area contributed by atoms with Gasteiger partial charge in [-0.2, -0.15) is 0 Å². The monoisotopic (exact) mass is 211 g/mol. The Morgan fingerprint density at radius 3 is 2.87 bits per heavy atom. The molecule has 15 heavy (non-hydrogen) atoms. The molecule has 5 heteroatoms. The number of anilines is 1. The summed E-state index contributed by atoms with van der Waals surface area (Å²) in [6.45, 7) is 2.36. The number of carbonyl (C=O) groups is 1. The van der Waals surface area contributed by atoms with Crippen molar-refractivity contribution in [2.75, 3.05) is 19.1 Å². The smallest absolute Gasteiger partial charge is 0.339 e. The lowest BCUT2D eigenvalue weighted by atomic mass is 10.2. The molecule has 1 rings (SSSR count). The molecule has 0 aliphatic carbocycles. The fourth-order valence-corrected chi connectivity index (χ4v) is 1.03. The van der Waals surface area contributed by atoms with Crippen molar-refractivity contribution in [1.29, 1.82) is 0 Å². The van der Waals surface area contributed by atoms with E-state index in [0.29, 0.717) is 12.3 Å². The average Bonchev–Trinajstić information content (AvgIpc) is 2.20. The van der Waals surface area contributed by atoms with Crippen LogP contribution >= 0.6 is 0 Å². The van der Waals surface area contributed by atoms with Crippen molar-refractivity contribution in [3.63, 3.8) is 0 Å². The molecule has 0 atom stereocenters. The minimum atomic E-state index is -1.08. The minimum Gasteiger partial charge on any atom is -0.478 e. The van der Waals surface area contributed by atoms with E-state index >= 15 is 0 Å². The maximum atomic E-state index is 10.8. The molecule has 82 valence electrons. The standard InChI is InChI=1S/C10H13NO4/c1-2-14-6-15-9-4-3-7(11)5-8(9)10(12)13/h3-5H,2,6,11H2,1H3,(H,12,13). The van der Waals surface area contributed by atoms with Crippen molar-refractivity contribution in [1.82, 2.24) is 0 Å². The Labute approximate surface area is 87.4 Å². The van der Waals surface area contributed by atoms with Crippen LogP contribution in [0.1, 0.15) is 17.3 Å². The molecule has 0 amide bonds. The fourth-order valence-electron chi connectivity index (χ4n) is 1.03. The summed E-state index contributed by atoms with van der Waals surface area (Å²) in [5.74, 6) is -0.820. The molecule has 1 aromatic rings. The Hall–Kier alpha value is -1.75. The van der Waals surface area contributed by atoms with Crippen LogP contribution in [0.3, 0.4) is 0 Å². The van der Waals surface area contributed by atoms with E-state index in [1.807, 2.05) is 6.92 Å². The first kappa shape index (κ1) is 11.3. The van der Waals surface area contributed by atoms with Crippen molar-refractivity contribution in [2.24, 2.45) is 0 Å². The largest absolute Gasteiger partial charge is 0.478 e. The van der Waals surface area contributed by atoms with Gasteiger partial charge < -0.3 is 20.3 Å². The number of carboxylic acid groups (broad SMARTS) is 1. The third kappa shape index (κ3) is 3.14. The lowest BCUT2D eigenvalue weighted by Crippen LogP contribution is -2.07. The summed E-state index contributed by atoms with van der Waals surface area (Å²) in [5.41, 5.74) is 5.89. The predicted octanol–water partition coefficient (Wildman–Crippen LogP) is 1.34. The molecule has 0 saturated carbocycles. The van der Waals surface area contributed by atoms with Gasteiger partial charge in [0.25, 0.3) is 0 Å². The summed E-state index contributed by atoms with van der Waals surface area (Å²) in [5, 5.41) is 8.87. The van der Waals surface area contributed by atoms with Crippen LogP contribution in [0.2, 0.25) is 0 Å². The molecule has 0 bridgehead atoms. The van der Waals surface area contributed by atoms with E-state index in [1.54, 1.807) is 6.07 Å². The van der Waals surface area contributed by atoms with Gasteiger partial charge in [-0.15, -0.1) is 0 Å². The first-order valence-electron chi connectivity index (χ1n) is 4.48. The van der Waals surface area contributed by atoms with E-state index in [9.17, 15) is 4.79 Å². The number of ether oxygens (including phenoxy) is 2. The predicted molar refractivity (Wildman–Crippen MR) is 54.9 cm³/mol. The van der Waals surface area contributed by atoms with Gasteiger partial charge in [0.1, 0.15) is 11.3 Å². The number of aromatic carboxylic acids is 1. The SMILES string of the molecule is CCOCOc1ccc(N)cc1C(=O)O. The van der Waals surface area contributed by atoms with Gasteiger partial charge in [0.05, 0.1) is 0 Å². The summed E-state index contributed by atoms with van der Waals surface area (Å²) in [6.07, 6.45) is 0. The summed E-state index contributed by atoms with van der Waals surface area (Å²) < 4.78 is 10.1. The van der Waals surface area contributed by atoms with Gasteiger partial charge in [-0.1, -0.05) is 0 Å². The van der Waals surface area contributed by atoms with Gasteiger partial charge in [-0.3, -0.25) is 0 Å². The van der Waals surface area contributed by atoms with Crippen LogP contribution in [0.25, 0.3) is 0 Å². The van der Waals surface area contributed by atoms with E-state index < -0.39 is 5.97 Å². The number of rotatable bonds is 5. The van der Waals surface area contributed by atoms with Crippen molar-refractivity contribution in [3.05, 3.63) is 23.8 Å². The zero-order valence-electron chi connectivity index (χ0n) is 8.40. The first-order valence-corrected chi connectivity index (χ1v) is 4.48. The van der Waals surface area contributed by atoms with Crippen LogP contribution < -0.4 is 10.5 Å². The van der Waals surface area contributed by atoms with Crippen LogP contribution in [-0.4, -0.2) is 24.5 Å². The molecule has 0 aliphatic rings. The minimum absolute atomic E-state index is 0.0285. The Morgan fingerprint density at radius 1 is 1.53 bits per heavy atom. The van der Waals surface area contributed by atoms with Crippen molar-refractivity contribution in [3.8, 4) is 5.75 Å². The first-order chi connectivity index (χ1) is 7.15. The molecule has 0 radical (unpaired) electrons. The maximum Gasteiger partial charge on any atom is 0.339 e. The van der Waals surface area contributed by atoms with E-state index in [2.05, 4.69) is 0 Å². The number of benzene rings is 1. The molecule has 3 N–H and O–H groups in total. The summed E-state index contributed by atoms with van der Waals surface area (Å²) in [6, 6.07) is 4.44. The van der Waals surface area contributed by atoms with Crippen LogP contribution in [0.4, 0.5) is 5.69 Å². The number of nitrogen functional groups attached to an aromatic ring is 1. The molecule has 0 aliphatic heterocycles. The van der Waals surface area contributed by atoms with Crippen molar-refractivity contribution >= 4 is 11.7 Å². The van der Waals surface area contributed by atoms with E-state index in [4.69, 9.17) is 20.3 Å². The highest BCUT2D eigenvalue weighted by molar-refractivity contribution is 5.92. The molecule has 1 aromatic carbocycles. The average molecular weight is 211 g/mol. The highest BCUT2D eigenvalue weighted by Crippen LogP contribution is 2.21. The fraction of sp³-hybridized carbons (Fsp3) is 0.300. The highest BCUT2D eigenvalue weighted by Gasteiger charge is 2.11. The molecular weight excluding hydrogens is 198 g/mol. The van der Waals surface area contributed by atoms with Crippen LogP contribution in [0.5, 0.6) is 5.75 Å². The Morgan fingerprint density at radius 2 is 2.27 bits per heavy atom. The number of hydrogen-bond acceptors (Lipinski definition) is 4. The van der Waals surface area contributed by atoms with Gasteiger partial charge in [0.15, 0.2) is 6.79 Å². The normalized spacial score (nSPS) is 9.93. The topological polar surface area (TPSA) is 81.8 Å². The van der Waals surface area contributed by atoms with E-state index in [1.165, 1.54) is 12.1 Å². The second kappa shape index (κ2) is 5.21. The van der Waals surface area contributed by atoms with Gasteiger partial charge in [0.2, 0.25) is 0 Å². The van der Waals surface area contributed by atoms with Gasteiger partial charge >= 0.3 is 5.97 Å². The van der Waals surface area contributed by atoms with E-state index in [-0.39, 0.29) is 18.1 Å². The molecule has 0 unspecified atom stereocenters. The highest BCUT2D eigenvalue weighted by atomic mass is 16.7. The number of nitrogens with two attached hydrogens (primary N) is 1. The lowest BCUT2D eigenvalue weighted by Gasteiger charge is -2.09. The maximum absolute atomic E-state index is 10.8. The third-order valence-corrected chi connectivity index (χ3v) is 1.74. The zero-order chi connectivity index (χ0) is 11.3. The van der Waals surface area contributed by atoms with Crippen molar-refractivity contribution < 1.29 is 19.4 Å². The molecule has 0 saturated heterocycles. The van der Waals surface area contributed by atoms with Crippen molar-refractivity contribution in [2.45, 2.75) is 6.92 Å². The van der Waals surface area contributed by atoms with Gasteiger partial charge in [0, 0.05) is 12.3 Å². The molecule has 0 heterocycles. The summed E-state index contributed by atoms with van der Waals surface area (Å²) in [7, 11) is 0. The van der Waals surface area contributed by atoms with Crippen LogP contribution in [0.15, 0.2) is 18.2 Å². The Bertz CT molecular complexity index is 351. The summed E-state index contributed by atoms with van der Waals surface area (Å²) >= 11 is 0. The van der Waals surface area contributed by atoms with Crippen LogP contribution in [0, 0.1) is 0 Å². The molecule has 5 nitrogen and oxygen atoms in total. The second-order valence-electron chi connectivity index (χ2n) is 2.82. The van der Waals surface area contributed by atoms with E-state index in [0.717, 1.165) is 0 Å². The second-order valence-corrected chi connectivity index (χ2v) is 2.82. The molecule has 0 fully saturated rings. The summed E-state index contributed by atoms with van der Waals surface area (Å²) in [4.78, 5) is 10.8. The Kier molecular flexibility index (Phi) is 3.93. The quantitative estimate of drug-likeness (QED) is 0.436. The lowest BCUT2D eigenvalue weighted by molar-refractivity contribution is 0.0214. The molecule has 0 aromatic heterocycles. The molecular formula is C10H13NO4. The zero-order valence-corrected chi connectivity index (χ0v) is 8.40. The number of carboxylic acids is 1.